The van der Waals surface area contributed by atoms with Gasteiger partial charge < -0.3 is 10.1 Å². The molecule has 0 saturated heterocycles. The van der Waals surface area contributed by atoms with Gasteiger partial charge in [0.15, 0.2) is 5.69 Å². The topological polar surface area (TPSA) is 94.8 Å². The highest BCUT2D eigenvalue weighted by molar-refractivity contribution is 6.99. The molecule has 1 amide bonds. The molecule has 0 spiro atoms. The average molecular weight is 344 g/mol. The number of amides is 1. The van der Waals surface area contributed by atoms with Crippen LogP contribution in [0.3, 0.4) is 0 Å². The van der Waals surface area contributed by atoms with Crippen LogP contribution in [-0.4, -0.2) is 36.8 Å². The van der Waals surface area contributed by atoms with Gasteiger partial charge in [0.1, 0.15) is 5.75 Å². The maximum Gasteiger partial charge on any atom is 0.278 e. The molecule has 1 aromatic carbocycles. The van der Waals surface area contributed by atoms with Crippen LogP contribution in [0.15, 0.2) is 24.3 Å². The van der Waals surface area contributed by atoms with Gasteiger partial charge in [-0.25, -0.2) is 4.68 Å². The Morgan fingerprint density at radius 2 is 2.17 bits per heavy atom. The van der Waals surface area contributed by atoms with E-state index in [0.717, 1.165) is 23.1 Å². The fourth-order valence-electron chi connectivity index (χ4n) is 2.15. The SMILES string of the molecule is COc1cccc(NC(=O)c2nnn(Cc3nsnc3C)c2C)c1. The van der Waals surface area contributed by atoms with E-state index in [9.17, 15) is 4.79 Å². The van der Waals surface area contributed by atoms with Crippen molar-refractivity contribution in [3.63, 3.8) is 0 Å². The third-order valence-electron chi connectivity index (χ3n) is 3.57. The number of hydrogen-bond donors (Lipinski definition) is 1. The second-order valence-electron chi connectivity index (χ2n) is 5.16. The Balaban J connectivity index is 1.77. The standard InChI is InChI=1S/C15H16N6O2S/c1-9-13(19-24-18-9)8-21-10(2)14(17-20-21)15(22)16-11-5-4-6-12(7-11)23-3/h4-7H,8H2,1-3H3,(H,16,22). The Morgan fingerprint density at radius 3 is 2.88 bits per heavy atom. The molecule has 1 N–H and O–H groups in total. The molecule has 9 heteroatoms. The molecule has 3 aromatic rings. The van der Waals surface area contributed by atoms with Gasteiger partial charge in [-0.05, 0) is 26.0 Å². The van der Waals surface area contributed by atoms with E-state index in [-0.39, 0.29) is 11.6 Å². The van der Waals surface area contributed by atoms with E-state index >= 15 is 0 Å². The fourth-order valence-corrected chi connectivity index (χ4v) is 2.70. The molecule has 0 atom stereocenters. The minimum atomic E-state index is -0.319. The van der Waals surface area contributed by atoms with Crippen molar-refractivity contribution in [3.8, 4) is 5.75 Å². The number of nitrogens with one attached hydrogen (secondary N) is 1. The van der Waals surface area contributed by atoms with E-state index in [1.54, 1.807) is 43.0 Å². The van der Waals surface area contributed by atoms with E-state index in [1.165, 1.54) is 0 Å². The zero-order valence-corrected chi connectivity index (χ0v) is 14.3. The van der Waals surface area contributed by atoms with Crippen LogP contribution in [0.2, 0.25) is 0 Å². The highest BCUT2D eigenvalue weighted by Crippen LogP contribution is 2.18. The molecule has 24 heavy (non-hydrogen) atoms. The Labute approximate surface area is 142 Å². The van der Waals surface area contributed by atoms with Crippen LogP contribution < -0.4 is 10.1 Å². The Hall–Kier alpha value is -2.81. The molecule has 0 aliphatic carbocycles. The monoisotopic (exact) mass is 344 g/mol. The minimum absolute atomic E-state index is 0.277. The van der Waals surface area contributed by atoms with E-state index < -0.39 is 0 Å². The summed E-state index contributed by atoms with van der Waals surface area (Å²) in [5, 5.41) is 10.8. The lowest BCUT2D eigenvalue weighted by Gasteiger charge is -2.06. The summed E-state index contributed by atoms with van der Waals surface area (Å²) in [5.74, 6) is 0.347. The van der Waals surface area contributed by atoms with E-state index in [4.69, 9.17) is 4.74 Å². The van der Waals surface area contributed by atoms with Crippen molar-refractivity contribution in [2.75, 3.05) is 12.4 Å². The van der Waals surface area contributed by atoms with Gasteiger partial charge in [-0.15, -0.1) is 5.10 Å². The number of carbonyl (C=O) groups is 1. The molecule has 0 aliphatic rings. The van der Waals surface area contributed by atoms with Gasteiger partial charge in [-0.3, -0.25) is 4.79 Å². The number of nitrogens with zero attached hydrogens (tertiary/aromatic N) is 5. The number of hydrogen-bond acceptors (Lipinski definition) is 7. The van der Waals surface area contributed by atoms with E-state index in [1.807, 2.05) is 6.92 Å². The predicted octanol–water partition coefficient (Wildman–Crippen LogP) is 2.06. The molecular formula is C15H16N6O2S. The molecule has 2 heterocycles. The molecule has 0 radical (unpaired) electrons. The molecule has 2 aromatic heterocycles. The van der Waals surface area contributed by atoms with Crippen LogP contribution in [0.5, 0.6) is 5.75 Å². The molecule has 8 nitrogen and oxygen atoms in total. The smallest absolute Gasteiger partial charge is 0.278 e. The third-order valence-corrected chi connectivity index (χ3v) is 4.23. The summed E-state index contributed by atoms with van der Waals surface area (Å²) in [4.78, 5) is 12.4. The highest BCUT2D eigenvalue weighted by atomic mass is 32.1. The first-order valence-electron chi connectivity index (χ1n) is 7.22. The Bertz CT molecular complexity index is 872. The van der Waals surface area contributed by atoms with Crippen molar-refractivity contribution >= 4 is 23.3 Å². The van der Waals surface area contributed by atoms with Crippen LogP contribution in [0.4, 0.5) is 5.69 Å². The largest absolute Gasteiger partial charge is 0.497 e. The lowest BCUT2D eigenvalue weighted by atomic mass is 10.2. The summed E-state index contributed by atoms with van der Waals surface area (Å²) in [7, 11) is 1.58. The number of aromatic nitrogens is 5. The lowest BCUT2D eigenvalue weighted by Crippen LogP contribution is -2.14. The van der Waals surface area contributed by atoms with Crippen LogP contribution in [0, 0.1) is 13.8 Å². The zero-order chi connectivity index (χ0) is 17.1. The maximum absolute atomic E-state index is 12.4. The van der Waals surface area contributed by atoms with Gasteiger partial charge in [0.05, 0.1) is 42.5 Å². The molecule has 124 valence electrons. The molecule has 0 aliphatic heterocycles. The first kappa shape index (κ1) is 16.1. The van der Waals surface area contributed by atoms with Crippen LogP contribution in [-0.2, 0) is 6.54 Å². The average Bonchev–Trinajstić information content (AvgIpc) is 3.15. The van der Waals surface area contributed by atoms with Gasteiger partial charge in [0.25, 0.3) is 5.91 Å². The number of anilines is 1. The number of methoxy groups -OCH3 is 1. The summed E-state index contributed by atoms with van der Waals surface area (Å²) >= 11 is 1.16. The molecule has 0 saturated carbocycles. The maximum atomic E-state index is 12.4. The molecule has 0 unspecified atom stereocenters. The van der Waals surface area contributed by atoms with Crippen LogP contribution >= 0.6 is 11.7 Å². The quantitative estimate of drug-likeness (QED) is 0.761. The number of ether oxygens (including phenoxy) is 1. The second kappa shape index (κ2) is 6.75. The first-order chi connectivity index (χ1) is 11.6. The molecule has 0 bridgehead atoms. The lowest BCUT2D eigenvalue weighted by molar-refractivity contribution is 0.102. The van der Waals surface area contributed by atoms with Gasteiger partial charge >= 0.3 is 0 Å². The van der Waals surface area contributed by atoms with Crippen molar-refractivity contribution in [3.05, 3.63) is 47.0 Å². The van der Waals surface area contributed by atoms with Crippen molar-refractivity contribution in [1.29, 1.82) is 0 Å². The highest BCUT2D eigenvalue weighted by Gasteiger charge is 2.18. The summed E-state index contributed by atoms with van der Waals surface area (Å²) in [6.07, 6.45) is 0. The van der Waals surface area contributed by atoms with Crippen molar-refractivity contribution in [2.45, 2.75) is 20.4 Å². The number of benzene rings is 1. The Kier molecular flexibility index (Phi) is 4.52. The van der Waals surface area contributed by atoms with Crippen molar-refractivity contribution in [2.24, 2.45) is 0 Å². The van der Waals surface area contributed by atoms with Crippen molar-refractivity contribution < 1.29 is 9.53 Å². The van der Waals surface area contributed by atoms with Crippen LogP contribution in [0.25, 0.3) is 0 Å². The Morgan fingerprint density at radius 1 is 1.33 bits per heavy atom. The van der Waals surface area contributed by atoms with Gasteiger partial charge in [0.2, 0.25) is 0 Å². The number of rotatable bonds is 5. The number of carbonyl (C=O) groups excluding carboxylic acids is 1. The summed E-state index contributed by atoms with van der Waals surface area (Å²) in [6.45, 7) is 4.13. The normalized spacial score (nSPS) is 10.6. The summed E-state index contributed by atoms with van der Waals surface area (Å²) in [5.41, 5.74) is 3.26. The number of aryl methyl sites for hydroxylation is 1. The van der Waals surface area contributed by atoms with Gasteiger partial charge in [0, 0.05) is 11.8 Å². The van der Waals surface area contributed by atoms with E-state index in [0.29, 0.717) is 23.7 Å². The van der Waals surface area contributed by atoms with Crippen LogP contribution in [0.1, 0.15) is 27.6 Å². The summed E-state index contributed by atoms with van der Waals surface area (Å²) in [6, 6.07) is 7.13. The molecule has 0 fully saturated rings. The summed E-state index contributed by atoms with van der Waals surface area (Å²) < 4.78 is 15.1. The third kappa shape index (κ3) is 3.25. The second-order valence-corrected chi connectivity index (χ2v) is 5.69. The van der Waals surface area contributed by atoms with Gasteiger partial charge in [-0.2, -0.15) is 8.75 Å². The minimum Gasteiger partial charge on any atom is -0.497 e. The molecular weight excluding hydrogens is 328 g/mol. The predicted molar refractivity (Wildman–Crippen MR) is 89.5 cm³/mol. The molecule has 3 rings (SSSR count). The van der Waals surface area contributed by atoms with Gasteiger partial charge in [-0.1, -0.05) is 11.3 Å². The fraction of sp³-hybridized carbons (Fsp3) is 0.267. The van der Waals surface area contributed by atoms with Crippen molar-refractivity contribution in [1.82, 2.24) is 23.7 Å². The van der Waals surface area contributed by atoms with E-state index in [2.05, 4.69) is 24.4 Å². The zero-order valence-electron chi connectivity index (χ0n) is 13.5. The first-order valence-corrected chi connectivity index (χ1v) is 7.95.